The zero-order chi connectivity index (χ0) is 12.3. The molecule has 1 aromatic carbocycles. The molecule has 0 fully saturated rings. The van der Waals surface area contributed by atoms with E-state index in [-0.39, 0.29) is 5.11 Å². The van der Waals surface area contributed by atoms with Crippen molar-refractivity contribution in [1.29, 1.82) is 0 Å². The maximum atomic E-state index is 5.51. The van der Waals surface area contributed by atoms with Crippen LogP contribution < -0.4 is 11.1 Å². The Hall–Kier alpha value is -1.88. The standard InChI is InChI=1S/C12H14N4S/c1-2-11-14-7-8-16(11)10-6-4-3-5-9(10)15-12(13)17/h3-8H,2H2,1H3,(H3,13,15,17). The fraction of sp³-hybridized carbons (Fsp3) is 0.167. The molecule has 0 bridgehead atoms. The van der Waals surface area contributed by atoms with E-state index in [4.69, 9.17) is 18.0 Å². The van der Waals surface area contributed by atoms with Crippen molar-refractivity contribution in [3.63, 3.8) is 0 Å². The van der Waals surface area contributed by atoms with Gasteiger partial charge in [-0.1, -0.05) is 19.1 Å². The number of imidazole rings is 1. The monoisotopic (exact) mass is 246 g/mol. The first-order chi connectivity index (χ1) is 8.22. The molecule has 0 radical (unpaired) electrons. The highest BCUT2D eigenvalue weighted by Gasteiger charge is 2.07. The van der Waals surface area contributed by atoms with Crippen LogP contribution in [0.2, 0.25) is 0 Å². The van der Waals surface area contributed by atoms with Gasteiger partial charge >= 0.3 is 0 Å². The Kier molecular flexibility index (Phi) is 3.39. The van der Waals surface area contributed by atoms with E-state index in [0.717, 1.165) is 23.6 Å². The van der Waals surface area contributed by atoms with E-state index in [2.05, 4.69) is 17.2 Å². The van der Waals surface area contributed by atoms with Crippen molar-refractivity contribution >= 4 is 23.0 Å². The van der Waals surface area contributed by atoms with Gasteiger partial charge < -0.3 is 15.6 Å². The van der Waals surface area contributed by atoms with Crippen LogP contribution in [-0.2, 0) is 6.42 Å². The molecular formula is C12H14N4S. The minimum atomic E-state index is 0.260. The van der Waals surface area contributed by atoms with Gasteiger partial charge in [-0.2, -0.15) is 0 Å². The molecule has 5 heteroatoms. The van der Waals surface area contributed by atoms with Crippen LogP contribution in [0.4, 0.5) is 5.69 Å². The quantitative estimate of drug-likeness (QED) is 0.814. The molecule has 0 saturated carbocycles. The lowest BCUT2D eigenvalue weighted by Crippen LogP contribution is -2.20. The van der Waals surface area contributed by atoms with Crippen molar-refractivity contribution in [3.8, 4) is 5.69 Å². The molecule has 2 rings (SSSR count). The van der Waals surface area contributed by atoms with Gasteiger partial charge in [0.2, 0.25) is 0 Å². The summed E-state index contributed by atoms with van der Waals surface area (Å²) >= 11 is 4.87. The summed E-state index contributed by atoms with van der Waals surface area (Å²) in [5.41, 5.74) is 7.39. The lowest BCUT2D eigenvalue weighted by Gasteiger charge is -2.13. The molecule has 0 spiro atoms. The zero-order valence-electron chi connectivity index (χ0n) is 9.55. The molecule has 88 valence electrons. The van der Waals surface area contributed by atoms with Gasteiger partial charge in [0, 0.05) is 18.8 Å². The summed E-state index contributed by atoms with van der Waals surface area (Å²) in [4.78, 5) is 4.30. The van der Waals surface area contributed by atoms with Crippen LogP contribution in [0.3, 0.4) is 0 Å². The average Bonchev–Trinajstić information content (AvgIpc) is 2.77. The number of hydrogen-bond acceptors (Lipinski definition) is 2. The summed E-state index contributed by atoms with van der Waals surface area (Å²) in [7, 11) is 0. The molecule has 1 heterocycles. The van der Waals surface area contributed by atoms with E-state index in [1.165, 1.54) is 0 Å². The Morgan fingerprint density at radius 2 is 2.24 bits per heavy atom. The van der Waals surface area contributed by atoms with E-state index < -0.39 is 0 Å². The molecule has 0 aliphatic carbocycles. The lowest BCUT2D eigenvalue weighted by atomic mass is 10.2. The fourth-order valence-corrected chi connectivity index (χ4v) is 1.85. The molecule has 3 N–H and O–H groups in total. The smallest absolute Gasteiger partial charge is 0.168 e. The minimum Gasteiger partial charge on any atom is -0.376 e. The van der Waals surface area contributed by atoms with Crippen LogP contribution in [0.1, 0.15) is 12.7 Å². The summed E-state index contributed by atoms with van der Waals surface area (Å²) in [6.45, 7) is 2.07. The van der Waals surface area contributed by atoms with Gasteiger partial charge in [-0.15, -0.1) is 0 Å². The Morgan fingerprint density at radius 3 is 2.94 bits per heavy atom. The van der Waals surface area contributed by atoms with Gasteiger partial charge in [0.1, 0.15) is 5.82 Å². The second-order valence-electron chi connectivity index (χ2n) is 3.57. The normalized spacial score (nSPS) is 10.2. The van der Waals surface area contributed by atoms with Gasteiger partial charge in [-0.3, -0.25) is 0 Å². The van der Waals surface area contributed by atoms with Gasteiger partial charge in [0.25, 0.3) is 0 Å². The first-order valence-electron chi connectivity index (χ1n) is 5.40. The summed E-state index contributed by atoms with van der Waals surface area (Å²) in [6, 6.07) is 7.85. The number of anilines is 1. The first kappa shape index (κ1) is 11.6. The third-order valence-corrected chi connectivity index (χ3v) is 2.56. The minimum absolute atomic E-state index is 0.260. The second-order valence-corrected chi connectivity index (χ2v) is 4.01. The summed E-state index contributed by atoms with van der Waals surface area (Å²) < 4.78 is 2.03. The first-order valence-corrected chi connectivity index (χ1v) is 5.81. The fourth-order valence-electron chi connectivity index (χ4n) is 1.74. The molecule has 0 amide bonds. The van der Waals surface area contributed by atoms with Crippen LogP contribution >= 0.6 is 12.2 Å². The van der Waals surface area contributed by atoms with E-state index in [1.54, 1.807) is 6.20 Å². The van der Waals surface area contributed by atoms with Crippen molar-refractivity contribution < 1.29 is 0 Å². The molecule has 0 atom stereocenters. The summed E-state index contributed by atoms with van der Waals surface area (Å²) in [6.07, 6.45) is 4.59. The number of benzene rings is 1. The highest BCUT2D eigenvalue weighted by atomic mass is 32.1. The number of para-hydroxylation sites is 2. The van der Waals surface area contributed by atoms with Gasteiger partial charge in [0.15, 0.2) is 5.11 Å². The number of aromatic nitrogens is 2. The maximum Gasteiger partial charge on any atom is 0.168 e. The largest absolute Gasteiger partial charge is 0.376 e. The second kappa shape index (κ2) is 4.97. The SMILES string of the molecule is CCc1nccn1-c1ccccc1NC(N)=S. The predicted molar refractivity (Wildman–Crippen MR) is 73.4 cm³/mol. The van der Waals surface area contributed by atoms with Crippen molar-refractivity contribution in [2.24, 2.45) is 5.73 Å². The summed E-state index contributed by atoms with van der Waals surface area (Å²) in [5, 5.41) is 3.23. The number of rotatable bonds is 3. The van der Waals surface area contributed by atoms with Crippen LogP contribution in [0, 0.1) is 0 Å². The predicted octanol–water partition coefficient (Wildman–Crippen LogP) is 2.09. The van der Waals surface area contributed by atoms with Crippen molar-refractivity contribution in [3.05, 3.63) is 42.5 Å². The highest BCUT2D eigenvalue weighted by molar-refractivity contribution is 7.80. The number of nitrogens with one attached hydrogen (secondary N) is 1. The van der Waals surface area contributed by atoms with E-state index in [1.807, 2.05) is 35.0 Å². The van der Waals surface area contributed by atoms with Crippen molar-refractivity contribution in [1.82, 2.24) is 9.55 Å². The Bertz CT molecular complexity index is 533. The Morgan fingerprint density at radius 1 is 1.47 bits per heavy atom. The van der Waals surface area contributed by atoms with Crippen LogP contribution in [0.25, 0.3) is 5.69 Å². The third kappa shape index (κ3) is 2.45. The molecule has 17 heavy (non-hydrogen) atoms. The number of nitrogens with zero attached hydrogens (tertiary/aromatic N) is 2. The van der Waals surface area contributed by atoms with Crippen LogP contribution in [-0.4, -0.2) is 14.7 Å². The van der Waals surface area contributed by atoms with Crippen molar-refractivity contribution in [2.45, 2.75) is 13.3 Å². The topological polar surface area (TPSA) is 55.9 Å². The van der Waals surface area contributed by atoms with E-state index in [9.17, 15) is 0 Å². The van der Waals surface area contributed by atoms with Gasteiger partial charge in [-0.05, 0) is 24.4 Å². The van der Waals surface area contributed by atoms with Crippen LogP contribution in [0.15, 0.2) is 36.7 Å². The molecule has 0 aliphatic heterocycles. The lowest BCUT2D eigenvalue weighted by molar-refractivity contribution is 0.892. The van der Waals surface area contributed by atoms with Gasteiger partial charge in [-0.25, -0.2) is 4.98 Å². The highest BCUT2D eigenvalue weighted by Crippen LogP contribution is 2.21. The summed E-state index contributed by atoms with van der Waals surface area (Å²) in [5.74, 6) is 1.00. The third-order valence-electron chi connectivity index (χ3n) is 2.46. The molecule has 0 saturated heterocycles. The number of hydrogen-bond donors (Lipinski definition) is 2. The number of thiocarbonyl (C=S) groups is 1. The van der Waals surface area contributed by atoms with Crippen LogP contribution in [0.5, 0.6) is 0 Å². The molecule has 2 aromatic rings. The Labute approximate surface area is 105 Å². The molecular weight excluding hydrogens is 232 g/mol. The average molecular weight is 246 g/mol. The molecule has 0 unspecified atom stereocenters. The maximum absolute atomic E-state index is 5.51. The molecule has 4 nitrogen and oxygen atoms in total. The number of aryl methyl sites for hydroxylation is 1. The van der Waals surface area contributed by atoms with Gasteiger partial charge in [0.05, 0.1) is 11.4 Å². The van der Waals surface area contributed by atoms with Crippen molar-refractivity contribution in [2.75, 3.05) is 5.32 Å². The number of nitrogens with two attached hydrogens (primary N) is 1. The molecule has 1 aromatic heterocycles. The Balaban J connectivity index is 2.48. The molecule has 0 aliphatic rings. The zero-order valence-corrected chi connectivity index (χ0v) is 10.4. The van der Waals surface area contributed by atoms with E-state index >= 15 is 0 Å². The van der Waals surface area contributed by atoms with E-state index in [0.29, 0.717) is 0 Å².